The first kappa shape index (κ1) is 17.5. The van der Waals surface area contributed by atoms with Crippen LogP contribution in [0, 0.1) is 5.92 Å². The molecule has 1 atom stereocenters. The van der Waals surface area contributed by atoms with E-state index >= 15 is 0 Å². The molecule has 1 aromatic carbocycles. The first-order chi connectivity index (χ1) is 13.0. The number of amides is 1. The molecule has 0 spiro atoms. The molecule has 2 aromatic rings. The van der Waals surface area contributed by atoms with Gasteiger partial charge in [0.1, 0.15) is 5.56 Å². The molecule has 4 rings (SSSR count). The molecule has 1 amide bonds. The van der Waals surface area contributed by atoms with E-state index in [1.54, 1.807) is 0 Å². The van der Waals surface area contributed by atoms with Gasteiger partial charge in [-0.1, -0.05) is 19.1 Å². The molecule has 6 nitrogen and oxygen atoms in total. The number of benzene rings is 1. The number of nitrogens with one attached hydrogen (secondary N) is 2. The van der Waals surface area contributed by atoms with Crippen LogP contribution >= 0.6 is 0 Å². The van der Waals surface area contributed by atoms with Gasteiger partial charge in [-0.3, -0.25) is 14.4 Å². The van der Waals surface area contributed by atoms with Gasteiger partial charge in [-0.25, -0.2) is 0 Å². The van der Waals surface area contributed by atoms with Gasteiger partial charge in [-0.2, -0.15) is 0 Å². The average molecular weight is 365 g/mol. The number of H-pyrrole nitrogens is 1. The highest BCUT2D eigenvalue weighted by Crippen LogP contribution is 2.29. The lowest BCUT2D eigenvalue weighted by Gasteiger charge is -2.22. The van der Waals surface area contributed by atoms with Crippen LogP contribution in [0.25, 0.3) is 0 Å². The fourth-order valence-corrected chi connectivity index (χ4v) is 4.00. The summed E-state index contributed by atoms with van der Waals surface area (Å²) in [4.78, 5) is 42.5. The molecule has 0 bridgehead atoms. The van der Waals surface area contributed by atoms with Gasteiger partial charge < -0.3 is 15.2 Å². The van der Waals surface area contributed by atoms with Crippen LogP contribution in [0.2, 0.25) is 0 Å². The fourth-order valence-electron chi connectivity index (χ4n) is 4.00. The molecular formula is C21H23N3O3. The summed E-state index contributed by atoms with van der Waals surface area (Å²) in [5.41, 5.74) is 2.27. The predicted octanol–water partition coefficient (Wildman–Crippen LogP) is 2.99. The Balaban J connectivity index is 1.64. The summed E-state index contributed by atoms with van der Waals surface area (Å²) in [6, 6.07) is 9.07. The van der Waals surface area contributed by atoms with E-state index in [4.69, 9.17) is 0 Å². The molecule has 2 aliphatic rings. The Morgan fingerprint density at radius 3 is 2.67 bits per heavy atom. The number of pyridine rings is 1. The first-order valence-electron chi connectivity index (χ1n) is 9.47. The number of carbonyl (C=O) groups is 2. The Kier molecular flexibility index (Phi) is 4.56. The van der Waals surface area contributed by atoms with Crippen molar-refractivity contribution < 1.29 is 9.59 Å². The van der Waals surface area contributed by atoms with Crippen molar-refractivity contribution >= 4 is 23.1 Å². The van der Waals surface area contributed by atoms with Crippen molar-refractivity contribution in [3.05, 3.63) is 57.5 Å². The number of Topliss-reactive ketones (excluding diaryl/α,β-unsaturated/α-hetero) is 1. The first-order valence-corrected chi connectivity index (χ1v) is 9.47. The summed E-state index contributed by atoms with van der Waals surface area (Å²) in [5.74, 6) is -0.309. The molecule has 1 fully saturated rings. The van der Waals surface area contributed by atoms with Gasteiger partial charge in [0.25, 0.3) is 11.5 Å². The summed E-state index contributed by atoms with van der Waals surface area (Å²) < 4.78 is 0. The lowest BCUT2D eigenvalue weighted by atomic mass is 9.86. The second kappa shape index (κ2) is 7.02. The Morgan fingerprint density at radius 2 is 1.89 bits per heavy atom. The number of nitrogens with zero attached hydrogens (tertiary/aromatic N) is 1. The van der Waals surface area contributed by atoms with Crippen LogP contribution in [0.5, 0.6) is 0 Å². The van der Waals surface area contributed by atoms with E-state index in [0.29, 0.717) is 29.8 Å². The third-order valence-electron chi connectivity index (χ3n) is 5.35. The van der Waals surface area contributed by atoms with Crippen LogP contribution in [-0.2, 0) is 6.42 Å². The minimum Gasteiger partial charge on any atom is -0.370 e. The van der Waals surface area contributed by atoms with Gasteiger partial charge in [0, 0.05) is 30.8 Å². The number of aromatic nitrogens is 1. The molecule has 2 N–H and O–H groups in total. The van der Waals surface area contributed by atoms with Gasteiger partial charge in [-0.05, 0) is 43.4 Å². The minimum atomic E-state index is -0.489. The molecule has 1 unspecified atom stereocenters. The maximum absolute atomic E-state index is 12.8. The standard InChI is InChI=1S/C21H23N3O3/c1-13-10-17-14(19(25)11-13)12-15(21(27)23-17)20(26)22-16-6-2-3-7-18(16)24-8-4-5-9-24/h2-3,6-7,12-13H,4-5,8-11H2,1H3,(H,22,26)(H,23,27). The van der Waals surface area contributed by atoms with E-state index in [0.717, 1.165) is 31.6 Å². The Bertz CT molecular complexity index is 957. The molecule has 1 aliphatic carbocycles. The number of hydrogen-bond acceptors (Lipinski definition) is 4. The molecule has 1 aliphatic heterocycles. The van der Waals surface area contributed by atoms with Crippen LogP contribution < -0.4 is 15.8 Å². The van der Waals surface area contributed by atoms with Gasteiger partial charge in [0.05, 0.1) is 11.4 Å². The Morgan fingerprint density at radius 1 is 1.15 bits per heavy atom. The number of hydrogen-bond donors (Lipinski definition) is 2. The SMILES string of the molecule is CC1CC(=O)c2cc(C(=O)Nc3ccccc3N3CCCC3)c(=O)[nH]c2C1. The monoisotopic (exact) mass is 365 g/mol. The highest BCUT2D eigenvalue weighted by atomic mass is 16.2. The Labute approximate surface area is 157 Å². The van der Waals surface area contributed by atoms with Gasteiger partial charge >= 0.3 is 0 Å². The summed E-state index contributed by atoms with van der Waals surface area (Å²) in [6.07, 6.45) is 3.36. The highest BCUT2D eigenvalue weighted by molar-refractivity contribution is 6.07. The second-order valence-electron chi connectivity index (χ2n) is 7.51. The van der Waals surface area contributed by atoms with Crippen molar-refractivity contribution in [2.24, 2.45) is 5.92 Å². The molecule has 6 heteroatoms. The van der Waals surface area contributed by atoms with Crippen LogP contribution in [0.4, 0.5) is 11.4 Å². The summed E-state index contributed by atoms with van der Waals surface area (Å²) >= 11 is 0. The van der Waals surface area contributed by atoms with Crippen LogP contribution in [0.3, 0.4) is 0 Å². The van der Waals surface area contributed by atoms with Crippen molar-refractivity contribution in [1.82, 2.24) is 4.98 Å². The molecule has 0 saturated carbocycles. The van der Waals surface area contributed by atoms with Gasteiger partial charge in [0.2, 0.25) is 0 Å². The lowest BCUT2D eigenvalue weighted by molar-refractivity contribution is 0.0952. The molecule has 1 aromatic heterocycles. The summed E-state index contributed by atoms with van der Waals surface area (Å²) in [5, 5.41) is 2.86. The van der Waals surface area contributed by atoms with E-state index in [9.17, 15) is 14.4 Å². The number of para-hydroxylation sites is 2. The highest BCUT2D eigenvalue weighted by Gasteiger charge is 2.26. The molecular weight excluding hydrogens is 342 g/mol. The molecule has 27 heavy (non-hydrogen) atoms. The van der Waals surface area contributed by atoms with Crippen molar-refractivity contribution in [2.75, 3.05) is 23.3 Å². The fraction of sp³-hybridized carbons (Fsp3) is 0.381. The summed E-state index contributed by atoms with van der Waals surface area (Å²) in [6.45, 7) is 3.90. The van der Waals surface area contributed by atoms with Crippen molar-refractivity contribution in [3.63, 3.8) is 0 Å². The largest absolute Gasteiger partial charge is 0.370 e. The third-order valence-corrected chi connectivity index (χ3v) is 5.35. The Hall–Kier alpha value is -2.89. The van der Waals surface area contributed by atoms with E-state index in [1.165, 1.54) is 6.07 Å². The number of anilines is 2. The second-order valence-corrected chi connectivity index (χ2v) is 7.51. The minimum absolute atomic E-state index is 0.0205. The molecule has 1 saturated heterocycles. The average Bonchev–Trinajstić information content (AvgIpc) is 3.15. The van der Waals surface area contributed by atoms with Gasteiger partial charge in [-0.15, -0.1) is 0 Å². The quantitative estimate of drug-likeness (QED) is 0.876. The van der Waals surface area contributed by atoms with Crippen LogP contribution in [0.15, 0.2) is 35.1 Å². The number of carbonyl (C=O) groups excluding carboxylic acids is 2. The van der Waals surface area contributed by atoms with Crippen LogP contribution in [-0.4, -0.2) is 29.8 Å². The number of fused-ring (bicyclic) bond motifs is 1. The third kappa shape index (κ3) is 3.39. The predicted molar refractivity (Wildman–Crippen MR) is 105 cm³/mol. The van der Waals surface area contributed by atoms with Gasteiger partial charge in [0.15, 0.2) is 5.78 Å². The topological polar surface area (TPSA) is 82.3 Å². The maximum Gasteiger partial charge on any atom is 0.261 e. The van der Waals surface area contributed by atoms with E-state index in [2.05, 4.69) is 15.2 Å². The normalized spacial score (nSPS) is 19.1. The number of aromatic amines is 1. The lowest BCUT2D eigenvalue weighted by Crippen LogP contribution is -2.29. The zero-order valence-corrected chi connectivity index (χ0v) is 15.4. The zero-order chi connectivity index (χ0) is 19.0. The number of rotatable bonds is 3. The molecule has 2 heterocycles. The maximum atomic E-state index is 12.8. The van der Waals surface area contributed by atoms with Crippen molar-refractivity contribution in [1.29, 1.82) is 0 Å². The number of ketones is 1. The van der Waals surface area contributed by atoms with Crippen LogP contribution in [0.1, 0.15) is 52.6 Å². The van der Waals surface area contributed by atoms with E-state index in [1.807, 2.05) is 31.2 Å². The van der Waals surface area contributed by atoms with E-state index in [-0.39, 0.29) is 17.3 Å². The zero-order valence-electron chi connectivity index (χ0n) is 15.4. The summed E-state index contributed by atoms with van der Waals surface area (Å²) in [7, 11) is 0. The smallest absolute Gasteiger partial charge is 0.261 e. The van der Waals surface area contributed by atoms with Crippen molar-refractivity contribution in [2.45, 2.75) is 32.6 Å². The molecule has 140 valence electrons. The molecule has 0 radical (unpaired) electrons. The van der Waals surface area contributed by atoms with Crippen molar-refractivity contribution in [3.8, 4) is 0 Å². The van der Waals surface area contributed by atoms with E-state index < -0.39 is 11.5 Å².